The summed E-state index contributed by atoms with van der Waals surface area (Å²) >= 11 is 5.99. The topological polar surface area (TPSA) is 42.1 Å². The zero-order valence-electron chi connectivity index (χ0n) is 9.63. The summed E-state index contributed by atoms with van der Waals surface area (Å²) in [6, 6.07) is 5.32. The van der Waals surface area contributed by atoms with Crippen LogP contribution >= 0.6 is 11.6 Å². The van der Waals surface area contributed by atoms with Gasteiger partial charge in [0.15, 0.2) is 0 Å². The highest BCUT2D eigenvalue weighted by molar-refractivity contribution is 6.35. The molecule has 0 radical (unpaired) electrons. The first-order valence-electron chi connectivity index (χ1n) is 5.66. The van der Waals surface area contributed by atoms with Crippen molar-refractivity contribution in [3.63, 3.8) is 0 Å². The average molecular weight is 252 g/mol. The number of aromatic nitrogens is 1. The number of benzene rings is 1. The molecule has 2 rings (SSSR count). The zero-order valence-corrected chi connectivity index (χ0v) is 10.4. The SMILES string of the molecule is CCCCOC(=O)c1ccc2[nH]cc(Cl)c2c1. The molecule has 0 aliphatic heterocycles. The third kappa shape index (κ3) is 2.61. The van der Waals surface area contributed by atoms with Crippen LogP contribution in [0.25, 0.3) is 10.9 Å². The van der Waals surface area contributed by atoms with Crippen LogP contribution < -0.4 is 0 Å². The smallest absolute Gasteiger partial charge is 0.338 e. The Morgan fingerprint density at radius 1 is 1.47 bits per heavy atom. The third-order valence-corrected chi connectivity index (χ3v) is 2.91. The van der Waals surface area contributed by atoms with Crippen molar-refractivity contribution in [1.82, 2.24) is 4.98 Å². The maximum atomic E-state index is 11.7. The Bertz CT molecular complexity index is 533. The number of ether oxygens (including phenoxy) is 1. The molecule has 0 aliphatic rings. The van der Waals surface area contributed by atoms with E-state index in [1.165, 1.54) is 0 Å². The molecular formula is C13H14ClNO2. The van der Waals surface area contributed by atoms with Crippen molar-refractivity contribution in [2.24, 2.45) is 0 Å². The van der Waals surface area contributed by atoms with E-state index in [2.05, 4.69) is 11.9 Å². The average Bonchev–Trinajstić information content (AvgIpc) is 2.71. The molecule has 1 aromatic carbocycles. The largest absolute Gasteiger partial charge is 0.462 e. The summed E-state index contributed by atoms with van der Waals surface area (Å²) in [4.78, 5) is 14.7. The molecule has 2 aromatic rings. The van der Waals surface area contributed by atoms with E-state index >= 15 is 0 Å². The molecule has 1 heterocycles. The van der Waals surface area contributed by atoms with Gasteiger partial charge in [-0.2, -0.15) is 0 Å². The van der Waals surface area contributed by atoms with Gasteiger partial charge in [0.25, 0.3) is 0 Å². The van der Waals surface area contributed by atoms with Crippen LogP contribution in [0.4, 0.5) is 0 Å². The van der Waals surface area contributed by atoms with E-state index in [0.717, 1.165) is 23.7 Å². The van der Waals surface area contributed by atoms with E-state index in [4.69, 9.17) is 16.3 Å². The lowest BCUT2D eigenvalue weighted by atomic mass is 10.1. The standard InChI is InChI=1S/C13H14ClNO2/c1-2-3-6-17-13(16)9-4-5-12-10(7-9)11(14)8-15-12/h4-5,7-8,15H,2-3,6H2,1H3. The molecular weight excluding hydrogens is 238 g/mol. The summed E-state index contributed by atoms with van der Waals surface area (Å²) in [5, 5.41) is 1.46. The molecule has 0 atom stereocenters. The van der Waals surface area contributed by atoms with Crippen molar-refractivity contribution in [3.8, 4) is 0 Å². The zero-order chi connectivity index (χ0) is 12.3. The van der Waals surface area contributed by atoms with Gasteiger partial charge in [0.05, 0.1) is 17.2 Å². The summed E-state index contributed by atoms with van der Waals surface area (Å²) in [6.07, 6.45) is 3.60. The maximum absolute atomic E-state index is 11.7. The first kappa shape index (κ1) is 12.0. The first-order valence-corrected chi connectivity index (χ1v) is 6.04. The molecule has 0 saturated heterocycles. The fraction of sp³-hybridized carbons (Fsp3) is 0.308. The predicted molar refractivity (Wildman–Crippen MR) is 68.5 cm³/mol. The Hall–Kier alpha value is -1.48. The highest BCUT2D eigenvalue weighted by Gasteiger charge is 2.09. The number of carbonyl (C=O) groups excluding carboxylic acids is 1. The molecule has 0 unspecified atom stereocenters. The van der Waals surface area contributed by atoms with Gasteiger partial charge in [0.1, 0.15) is 0 Å². The fourth-order valence-corrected chi connectivity index (χ4v) is 1.82. The Balaban J connectivity index is 2.17. The van der Waals surface area contributed by atoms with Crippen molar-refractivity contribution >= 4 is 28.5 Å². The van der Waals surface area contributed by atoms with Gasteiger partial charge in [-0.3, -0.25) is 0 Å². The van der Waals surface area contributed by atoms with Crippen LogP contribution in [0.5, 0.6) is 0 Å². The van der Waals surface area contributed by atoms with Crippen molar-refractivity contribution < 1.29 is 9.53 Å². The number of H-pyrrole nitrogens is 1. The van der Waals surface area contributed by atoms with Crippen LogP contribution in [-0.4, -0.2) is 17.6 Å². The molecule has 1 N–H and O–H groups in total. The number of carbonyl (C=O) groups is 1. The Morgan fingerprint density at radius 3 is 3.06 bits per heavy atom. The van der Waals surface area contributed by atoms with E-state index in [1.54, 1.807) is 18.3 Å². The lowest BCUT2D eigenvalue weighted by molar-refractivity contribution is 0.0500. The van der Waals surface area contributed by atoms with Crippen molar-refractivity contribution in [3.05, 3.63) is 35.0 Å². The number of esters is 1. The van der Waals surface area contributed by atoms with E-state index in [0.29, 0.717) is 17.2 Å². The summed E-state index contributed by atoms with van der Waals surface area (Å²) in [6.45, 7) is 2.52. The number of hydrogen-bond acceptors (Lipinski definition) is 2. The Morgan fingerprint density at radius 2 is 2.29 bits per heavy atom. The Kier molecular flexibility index (Phi) is 3.69. The second-order valence-electron chi connectivity index (χ2n) is 3.89. The first-order chi connectivity index (χ1) is 8.22. The van der Waals surface area contributed by atoms with Crippen molar-refractivity contribution in [2.45, 2.75) is 19.8 Å². The number of aromatic amines is 1. The lowest BCUT2D eigenvalue weighted by Crippen LogP contribution is -2.06. The van der Waals surface area contributed by atoms with Crippen LogP contribution in [0, 0.1) is 0 Å². The molecule has 1 aromatic heterocycles. The molecule has 4 heteroatoms. The molecule has 90 valence electrons. The quantitative estimate of drug-likeness (QED) is 0.664. The van der Waals surface area contributed by atoms with E-state index < -0.39 is 0 Å². The number of halogens is 1. The number of unbranched alkanes of at least 4 members (excludes halogenated alkanes) is 1. The fourth-order valence-electron chi connectivity index (χ4n) is 1.61. The van der Waals surface area contributed by atoms with E-state index in [-0.39, 0.29) is 5.97 Å². The molecule has 17 heavy (non-hydrogen) atoms. The minimum absolute atomic E-state index is 0.294. The number of rotatable bonds is 4. The summed E-state index contributed by atoms with van der Waals surface area (Å²) in [5.74, 6) is -0.294. The molecule has 0 bridgehead atoms. The lowest BCUT2D eigenvalue weighted by Gasteiger charge is -2.03. The summed E-state index contributed by atoms with van der Waals surface area (Å²) < 4.78 is 5.14. The predicted octanol–water partition coefficient (Wildman–Crippen LogP) is 3.78. The number of fused-ring (bicyclic) bond motifs is 1. The third-order valence-electron chi connectivity index (χ3n) is 2.60. The molecule has 0 saturated carbocycles. The number of nitrogens with one attached hydrogen (secondary N) is 1. The van der Waals surface area contributed by atoms with Crippen LogP contribution in [0.1, 0.15) is 30.1 Å². The molecule has 0 aliphatic carbocycles. The van der Waals surface area contributed by atoms with Gasteiger partial charge in [-0.05, 0) is 24.6 Å². The minimum Gasteiger partial charge on any atom is -0.462 e. The second-order valence-corrected chi connectivity index (χ2v) is 4.29. The van der Waals surface area contributed by atoms with Gasteiger partial charge >= 0.3 is 5.97 Å². The van der Waals surface area contributed by atoms with Gasteiger partial charge in [-0.1, -0.05) is 24.9 Å². The highest BCUT2D eigenvalue weighted by atomic mass is 35.5. The van der Waals surface area contributed by atoms with Gasteiger partial charge in [0.2, 0.25) is 0 Å². The van der Waals surface area contributed by atoms with Crippen LogP contribution in [-0.2, 0) is 4.74 Å². The van der Waals surface area contributed by atoms with Crippen molar-refractivity contribution in [1.29, 1.82) is 0 Å². The summed E-state index contributed by atoms with van der Waals surface area (Å²) in [7, 11) is 0. The van der Waals surface area contributed by atoms with Gasteiger partial charge in [0, 0.05) is 17.1 Å². The minimum atomic E-state index is -0.294. The Labute approximate surface area is 105 Å². The normalized spacial score (nSPS) is 10.7. The van der Waals surface area contributed by atoms with Crippen LogP contribution in [0.15, 0.2) is 24.4 Å². The highest BCUT2D eigenvalue weighted by Crippen LogP contribution is 2.24. The van der Waals surface area contributed by atoms with Crippen LogP contribution in [0.2, 0.25) is 5.02 Å². The van der Waals surface area contributed by atoms with Crippen LogP contribution in [0.3, 0.4) is 0 Å². The molecule has 0 amide bonds. The maximum Gasteiger partial charge on any atom is 0.338 e. The van der Waals surface area contributed by atoms with E-state index in [9.17, 15) is 4.79 Å². The van der Waals surface area contributed by atoms with Gasteiger partial charge < -0.3 is 9.72 Å². The molecule has 3 nitrogen and oxygen atoms in total. The monoisotopic (exact) mass is 251 g/mol. The molecule has 0 fully saturated rings. The number of hydrogen-bond donors (Lipinski definition) is 1. The second kappa shape index (κ2) is 5.23. The molecule has 0 spiro atoms. The van der Waals surface area contributed by atoms with Gasteiger partial charge in [-0.25, -0.2) is 4.79 Å². The summed E-state index contributed by atoms with van der Waals surface area (Å²) in [5.41, 5.74) is 1.45. The van der Waals surface area contributed by atoms with Crippen molar-refractivity contribution in [2.75, 3.05) is 6.61 Å². The van der Waals surface area contributed by atoms with Gasteiger partial charge in [-0.15, -0.1) is 0 Å². The van der Waals surface area contributed by atoms with E-state index in [1.807, 2.05) is 6.07 Å².